The Kier molecular flexibility index (Phi) is 3.01. The summed E-state index contributed by atoms with van der Waals surface area (Å²) < 4.78 is 1.93. The molecule has 1 aliphatic carbocycles. The number of imidazole rings is 1. The summed E-state index contributed by atoms with van der Waals surface area (Å²) in [6, 6.07) is 3.74. The van der Waals surface area contributed by atoms with E-state index in [1.807, 2.05) is 28.9 Å². The molecule has 1 aliphatic rings. The van der Waals surface area contributed by atoms with Crippen molar-refractivity contribution in [3.05, 3.63) is 35.2 Å². The van der Waals surface area contributed by atoms with Crippen molar-refractivity contribution in [1.82, 2.24) is 14.7 Å². The molecule has 5 heteroatoms. The first-order valence-electron chi connectivity index (χ1n) is 6.16. The lowest BCUT2D eigenvalue weighted by Crippen LogP contribution is -2.26. The molecule has 2 heterocycles. The van der Waals surface area contributed by atoms with Crippen molar-refractivity contribution in [2.45, 2.75) is 19.4 Å². The predicted octanol–water partition coefficient (Wildman–Crippen LogP) is 1.85. The van der Waals surface area contributed by atoms with Crippen LogP contribution < -0.4 is 5.32 Å². The van der Waals surface area contributed by atoms with Gasteiger partial charge in [-0.3, -0.25) is 0 Å². The first-order valence-corrected chi connectivity index (χ1v) is 6.53. The molecule has 1 saturated carbocycles. The fraction of sp³-hybridized carbons (Fsp3) is 0.462. The molecule has 1 fully saturated rings. The molecule has 18 heavy (non-hydrogen) atoms. The number of aliphatic hydroxyl groups excluding tert-OH is 1. The van der Waals surface area contributed by atoms with E-state index >= 15 is 0 Å². The smallest absolute Gasteiger partial charge is 0.137 e. The monoisotopic (exact) mass is 265 g/mol. The molecule has 0 spiro atoms. The molecular formula is C13H16ClN3O. The molecule has 4 nitrogen and oxygen atoms in total. The summed E-state index contributed by atoms with van der Waals surface area (Å²) in [5.74, 6) is 0. The minimum atomic E-state index is 0.141. The number of fused-ring (bicyclic) bond motifs is 1. The van der Waals surface area contributed by atoms with Crippen molar-refractivity contribution in [2.24, 2.45) is 5.41 Å². The number of nitrogens with zero attached hydrogens (tertiary/aromatic N) is 2. The third-order valence-electron chi connectivity index (χ3n) is 3.56. The highest BCUT2D eigenvalue weighted by Gasteiger charge is 2.41. The average molecular weight is 266 g/mol. The largest absolute Gasteiger partial charge is 0.396 e. The van der Waals surface area contributed by atoms with Crippen LogP contribution in [-0.2, 0) is 6.54 Å². The van der Waals surface area contributed by atoms with E-state index in [0.717, 1.165) is 37.3 Å². The van der Waals surface area contributed by atoms with Crippen molar-refractivity contribution in [3.63, 3.8) is 0 Å². The van der Waals surface area contributed by atoms with Crippen LogP contribution in [0.25, 0.3) is 5.65 Å². The predicted molar refractivity (Wildman–Crippen MR) is 70.7 cm³/mol. The zero-order valence-electron chi connectivity index (χ0n) is 10.1. The summed E-state index contributed by atoms with van der Waals surface area (Å²) in [5, 5.41) is 13.3. The maximum atomic E-state index is 9.22. The van der Waals surface area contributed by atoms with Gasteiger partial charge in [0.25, 0.3) is 0 Å². The first-order chi connectivity index (χ1) is 8.71. The number of rotatable bonds is 5. The number of hydrogen-bond donors (Lipinski definition) is 2. The molecule has 2 aromatic rings. The maximum absolute atomic E-state index is 9.22. The van der Waals surface area contributed by atoms with Crippen LogP contribution in [0.4, 0.5) is 0 Å². The quantitative estimate of drug-likeness (QED) is 0.868. The summed E-state index contributed by atoms with van der Waals surface area (Å²) >= 11 is 5.93. The summed E-state index contributed by atoms with van der Waals surface area (Å²) in [6.45, 7) is 1.86. The topological polar surface area (TPSA) is 49.6 Å². The lowest BCUT2D eigenvalue weighted by atomic mass is 10.1. The van der Waals surface area contributed by atoms with Crippen LogP contribution in [0.3, 0.4) is 0 Å². The Morgan fingerprint density at radius 1 is 1.39 bits per heavy atom. The van der Waals surface area contributed by atoms with Gasteiger partial charge in [-0.25, -0.2) is 4.98 Å². The van der Waals surface area contributed by atoms with Crippen LogP contribution in [0.2, 0.25) is 5.02 Å². The Labute approximate surface area is 111 Å². The molecule has 0 unspecified atom stereocenters. The van der Waals surface area contributed by atoms with E-state index in [9.17, 15) is 5.11 Å². The van der Waals surface area contributed by atoms with Crippen LogP contribution in [0, 0.1) is 5.41 Å². The number of aliphatic hydroxyl groups is 1. The van der Waals surface area contributed by atoms with Gasteiger partial charge in [-0.15, -0.1) is 0 Å². The van der Waals surface area contributed by atoms with Crippen LogP contribution in [-0.4, -0.2) is 27.6 Å². The van der Waals surface area contributed by atoms with E-state index < -0.39 is 0 Å². The number of aromatic nitrogens is 2. The Morgan fingerprint density at radius 3 is 2.94 bits per heavy atom. The maximum Gasteiger partial charge on any atom is 0.137 e. The Bertz CT molecular complexity index is 562. The zero-order chi connectivity index (χ0) is 12.6. The van der Waals surface area contributed by atoms with Crippen LogP contribution >= 0.6 is 11.6 Å². The molecule has 0 bridgehead atoms. The van der Waals surface area contributed by atoms with Crippen LogP contribution in [0.5, 0.6) is 0 Å². The van der Waals surface area contributed by atoms with Crippen molar-refractivity contribution in [3.8, 4) is 0 Å². The normalized spacial score (nSPS) is 17.2. The second-order valence-corrected chi connectivity index (χ2v) is 5.54. The van der Waals surface area contributed by atoms with Crippen molar-refractivity contribution in [2.75, 3.05) is 13.2 Å². The van der Waals surface area contributed by atoms with Crippen LogP contribution in [0.15, 0.2) is 24.5 Å². The third kappa shape index (κ3) is 2.36. The SMILES string of the molecule is OCC1(CNCc2cn3cc(Cl)ccc3n2)CC1. The van der Waals surface area contributed by atoms with Gasteiger partial charge in [-0.1, -0.05) is 11.6 Å². The fourth-order valence-electron chi connectivity index (χ4n) is 2.13. The standard InChI is InChI=1S/C13H16ClN3O/c14-10-1-2-12-16-11(7-17(12)6-10)5-15-8-13(9-18)3-4-13/h1-2,6-7,15,18H,3-5,8-9H2. The van der Waals surface area contributed by atoms with E-state index in [2.05, 4.69) is 10.3 Å². The Morgan fingerprint density at radius 2 is 2.22 bits per heavy atom. The van der Waals surface area contributed by atoms with Gasteiger partial charge in [-0.05, 0) is 25.0 Å². The number of hydrogen-bond acceptors (Lipinski definition) is 3. The van der Waals surface area contributed by atoms with E-state index in [0.29, 0.717) is 5.02 Å². The lowest BCUT2D eigenvalue weighted by Gasteiger charge is -2.11. The summed E-state index contributed by atoms with van der Waals surface area (Å²) in [7, 11) is 0. The molecule has 2 aromatic heterocycles. The molecule has 96 valence electrons. The fourth-order valence-corrected chi connectivity index (χ4v) is 2.29. The lowest BCUT2D eigenvalue weighted by molar-refractivity contribution is 0.207. The number of pyridine rings is 1. The first kappa shape index (κ1) is 12.0. The average Bonchev–Trinajstić information content (AvgIpc) is 3.02. The molecule has 3 rings (SSSR count). The second-order valence-electron chi connectivity index (χ2n) is 5.11. The zero-order valence-corrected chi connectivity index (χ0v) is 10.8. The number of halogens is 1. The molecule has 0 aliphatic heterocycles. The van der Waals surface area contributed by atoms with Crippen molar-refractivity contribution >= 4 is 17.2 Å². The van der Waals surface area contributed by atoms with Crippen molar-refractivity contribution < 1.29 is 5.11 Å². The minimum absolute atomic E-state index is 0.141. The third-order valence-corrected chi connectivity index (χ3v) is 3.79. The summed E-state index contributed by atoms with van der Waals surface area (Å²) in [4.78, 5) is 4.50. The van der Waals surface area contributed by atoms with Crippen molar-refractivity contribution in [1.29, 1.82) is 0 Å². The van der Waals surface area contributed by atoms with Gasteiger partial charge in [0.2, 0.25) is 0 Å². The molecule has 0 aromatic carbocycles. The Hall–Kier alpha value is -1.10. The Balaban J connectivity index is 1.64. The highest BCUT2D eigenvalue weighted by atomic mass is 35.5. The van der Waals surface area contributed by atoms with Crippen LogP contribution in [0.1, 0.15) is 18.5 Å². The summed E-state index contributed by atoms with van der Waals surface area (Å²) in [6.07, 6.45) is 6.07. The van der Waals surface area contributed by atoms with E-state index in [-0.39, 0.29) is 12.0 Å². The summed E-state index contributed by atoms with van der Waals surface area (Å²) in [5.41, 5.74) is 2.04. The number of nitrogens with one attached hydrogen (secondary N) is 1. The van der Waals surface area contributed by atoms with Gasteiger partial charge in [0.05, 0.1) is 10.7 Å². The highest BCUT2D eigenvalue weighted by molar-refractivity contribution is 6.30. The van der Waals surface area contributed by atoms with E-state index in [1.54, 1.807) is 0 Å². The molecule has 0 atom stereocenters. The van der Waals surface area contributed by atoms with Gasteiger partial charge >= 0.3 is 0 Å². The molecular weight excluding hydrogens is 250 g/mol. The van der Waals surface area contributed by atoms with Gasteiger partial charge in [0.15, 0.2) is 0 Å². The van der Waals surface area contributed by atoms with E-state index in [1.165, 1.54) is 0 Å². The molecule has 2 N–H and O–H groups in total. The molecule has 0 radical (unpaired) electrons. The second kappa shape index (κ2) is 4.53. The van der Waals surface area contributed by atoms with E-state index in [4.69, 9.17) is 11.6 Å². The molecule has 0 amide bonds. The minimum Gasteiger partial charge on any atom is -0.396 e. The van der Waals surface area contributed by atoms with Gasteiger partial charge in [-0.2, -0.15) is 0 Å². The highest BCUT2D eigenvalue weighted by Crippen LogP contribution is 2.44. The van der Waals surface area contributed by atoms with Gasteiger partial charge in [0, 0.05) is 37.5 Å². The van der Waals surface area contributed by atoms with Gasteiger partial charge in [0.1, 0.15) is 5.65 Å². The van der Waals surface area contributed by atoms with Gasteiger partial charge < -0.3 is 14.8 Å². The molecule has 0 saturated heterocycles.